The van der Waals surface area contributed by atoms with Crippen molar-refractivity contribution in [1.29, 1.82) is 0 Å². The van der Waals surface area contributed by atoms with E-state index >= 15 is 0 Å². The Hall–Kier alpha value is -1.44. The Balaban J connectivity index is 2.00. The Bertz CT molecular complexity index is 559. The molecular formula is C12H19FN4O2S. The highest BCUT2D eigenvalue weighted by atomic mass is 32.2. The molecule has 0 amide bonds. The van der Waals surface area contributed by atoms with Gasteiger partial charge in [-0.15, -0.1) is 0 Å². The van der Waals surface area contributed by atoms with E-state index in [1.165, 1.54) is 0 Å². The highest BCUT2D eigenvalue weighted by Crippen LogP contribution is 2.21. The molecule has 1 fully saturated rings. The lowest BCUT2D eigenvalue weighted by Gasteiger charge is -2.17. The Labute approximate surface area is 118 Å². The maximum atomic E-state index is 13.7. The monoisotopic (exact) mass is 302 g/mol. The summed E-state index contributed by atoms with van der Waals surface area (Å²) in [6.45, 7) is 3.41. The van der Waals surface area contributed by atoms with E-state index in [4.69, 9.17) is 0 Å². The van der Waals surface area contributed by atoms with E-state index < -0.39 is 15.7 Å². The molecule has 112 valence electrons. The first kappa shape index (κ1) is 15.0. The summed E-state index contributed by atoms with van der Waals surface area (Å²) < 4.78 is 36.4. The minimum Gasteiger partial charge on any atom is -0.354 e. The van der Waals surface area contributed by atoms with Crippen molar-refractivity contribution in [2.24, 2.45) is 0 Å². The highest BCUT2D eigenvalue weighted by Gasteiger charge is 2.18. The molecule has 8 heteroatoms. The Morgan fingerprint density at radius 2 is 2.10 bits per heavy atom. The van der Waals surface area contributed by atoms with Crippen molar-refractivity contribution in [3.63, 3.8) is 0 Å². The zero-order valence-electron chi connectivity index (χ0n) is 11.5. The van der Waals surface area contributed by atoms with E-state index in [-0.39, 0.29) is 24.0 Å². The van der Waals surface area contributed by atoms with Gasteiger partial charge in [0, 0.05) is 25.4 Å². The van der Waals surface area contributed by atoms with E-state index in [0.29, 0.717) is 5.82 Å². The summed E-state index contributed by atoms with van der Waals surface area (Å²) in [4.78, 5) is 9.85. The second kappa shape index (κ2) is 6.34. The van der Waals surface area contributed by atoms with Gasteiger partial charge in [0.05, 0.1) is 11.9 Å². The minimum atomic E-state index is -3.03. The number of sulfone groups is 1. The van der Waals surface area contributed by atoms with Crippen LogP contribution in [0.1, 0.15) is 19.8 Å². The SMILES string of the molecule is CCS(=O)(=O)CCNc1ncc(F)c(N2CCCC2)n1. The van der Waals surface area contributed by atoms with Crippen molar-refractivity contribution in [1.82, 2.24) is 9.97 Å². The van der Waals surface area contributed by atoms with Gasteiger partial charge in [-0.3, -0.25) is 0 Å². The second-order valence-corrected chi connectivity index (χ2v) is 7.20. The molecule has 2 heterocycles. The van der Waals surface area contributed by atoms with Crippen molar-refractivity contribution in [3.05, 3.63) is 12.0 Å². The molecule has 2 rings (SSSR count). The summed E-state index contributed by atoms with van der Waals surface area (Å²) in [5.74, 6) is 0.234. The summed E-state index contributed by atoms with van der Waals surface area (Å²) in [5.41, 5.74) is 0. The fourth-order valence-corrected chi connectivity index (χ4v) is 2.76. The smallest absolute Gasteiger partial charge is 0.224 e. The molecule has 1 aliphatic heterocycles. The molecule has 0 spiro atoms. The van der Waals surface area contributed by atoms with Crippen LogP contribution in [-0.2, 0) is 9.84 Å². The molecule has 1 aliphatic rings. The van der Waals surface area contributed by atoms with Crippen LogP contribution in [0.15, 0.2) is 6.20 Å². The molecule has 0 aromatic carbocycles. The maximum absolute atomic E-state index is 13.7. The number of halogens is 1. The van der Waals surface area contributed by atoms with E-state index in [9.17, 15) is 12.8 Å². The van der Waals surface area contributed by atoms with Crippen LogP contribution >= 0.6 is 0 Å². The van der Waals surface area contributed by atoms with Crippen molar-refractivity contribution < 1.29 is 12.8 Å². The average Bonchev–Trinajstić information content (AvgIpc) is 2.94. The number of hydrogen-bond acceptors (Lipinski definition) is 6. The van der Waals surface area contributed by atoms with Crippen LogP contribution in [-0.4, -0.2) is 49.5 Å². The summed E-state index contributed by atoms with van der Waals surface area (Å²) in [7, 11) is -3.03. The van der Waals surface area contributed by atoms with Crippen LogP contribution in [0, 0.1) is 5.82 Å². The average molecular weight is 302 g/mol. The lowest BCUT2D eigenvalue weighted by Crippen LogP contribution is -2.22. The van der Waals surface area contributed by atoms with Crippen molar-refractivity contribution in [2.45, 2.75) is 19.8 Å². The fourth-order valence-electron chi connectivity index (χ4n) is 2.06. The molecule has 0 saturated carbocycles. The molecule has 20 heavy (non-hydrogen) atoms. The predicted octanol–water partition coefficient (Wildman–Crippen LogP) is 1.06. The topological polar surface area (TPSA) is 75.2 Å². The van der Waals surface area contributed by atoms with Crippen molar-refractivity contribution >= 4 is 21.6 Å². The maximum Gasteiger partial charge on any atom is 0.224 e. The first-order valence-electron chi connectivity index (χ1n) is 6.73. The molecule has 0 bridgehead atoms. The third-order valence-electron chi connectivity index (χ3n) is 3.27. The fraction of sp³-hybridized carbons (Fsp3) is 0.667. The normalized spacial score (nSPS) is 15.6. The van der Waals surface area contributed by atoms with Gasteiger partial charge in [0.25, 0.3) is 0 Å². The lowest BCUT2D eigenvalue weighted by molar-refractivity contribution is 0.597. The molecule has 1 aromatic heterocycles. The minimum absolute atomic E-state index is 0.0171. The third-order valence-corrected chi connectivity index (χ3v) is 4.97. The molecule has 0 atom stereocenters. The zero-order valence-corrected chi connectivity index (χ0v) is 12.3. The van der Waals surface area contributed by atoms with Crippen LogP contribution in [0.25, 0.3) is 0 Å². The molecule has 6 nitrogen and oxygen atoms in total. The first-order chi connectivity index (χ1) is 9.52. The number of anilines is 2. The number of nitrogens with one attached hydrogen (secondary N) is 1. The molecule has 1 aromatic rings. The van der Waals surface area contributed by atoms with Gasteiger partial charge in [-0.25, -0.2) is 17.8 Å². The first-order valence-corrected chi connectivity index (χ1v) is 8.56. The van der Waals surface area contributed by atoms with E-state index in [0.717, 1.165) is 32.1 Å². The van der Waals surface area contributed by atoms with Crippen LogP contribution in [0.4, 0.5) is 16.2 Å². The Morgan fingerprint density at radius 1 is 1.40 bits per heavy atom. The lowest BCUT2D eigenvalue weighted by atomic mass is 10.4. The largest absolute Gasteiger partial charge is 0.354 e. The van der Waals surface area contributed by atoms with E-state index in [1.54, 1.807) is 6.92 Å². The zero-order chi connectivity index (χ0) is 14.6. The number of rotatable bonds is 6. The number of aromatic nitrogens is 2. The van der Waals surface area contributed by atoms with Gasteiger partial charge in [-0.2, -0.15) is 4.98 Å². The molecule has 0 unspecified atom stereocenters. The van der Waals surface area contributed by atoms with Crippen molar-refractivity contribution in [3.8, 4) is 0 Å². The quantitative estimate of drug-likeness (QED) is 0.847. The number of nitrogens with zero attached hydrogens (tertiary/aromatic N) is 3. The molecule has 0 radical (unpaired) electrons. The summed E-state index contributed by atoms with van der Waals surface area (Å²) in [6.07, 6.45) is 3.18. The predicted molar refractivity (Wildman–Crippen MR) is 76.3 cm³/mol. The van der Waals surface area contributed by atoms with Gasteiger partial charge < -0.3 is 10.2 Å². The number of hydrogen-bond donors (Lipinski definition) is 1. The van der Waals surface area contributed by atoms with Crippen LogP contribution < -0.4 is 10.2 Å². The summed E-state index contributed by atoms with van der Waals surface area (Å²) >= 11 is 0. The van der Waals surface area contributed by atoms with Gasteiger partial charge in [-0.05, 0) is 12.8 Å². The van der Waals surface area contributed by atoms with Crippen molar-refractivity contribution in [2.75, 3.05) is 41.4 Å². The van der Waals surface area contributed by atoms with Gasteiger partial charge in [0.15, 0.2) is 21.5 Å². The van der Waals surface area contributed by atoms with E-state index in [1.807, 2.05) is 4.90 Å². The third kappa shape index (κ3) is 3.78. The van der Waals surface area contributed by atoms with Gasteiger partial charge in [0.1, 0.15) is 0 Å². The standard InChI is InChI=1S/C12H19FN4O2S/c1-2-20(18,19)8-5-14-12-15-9-10(13)11(16-12)17-6-3-4-7-17/h9H,2-8H2,1H3,(H,14,15,16). The summed E-state index contributed by atoms with van der Waals surface area (Å²) in [6, 6.07) is 0. The van der Waals surface area contributed by atoms with Crippen LogP contribution in [0.2, 0.25) is 0 Å². The van der Waals surface area contributed by atoms with Crippen LogP contribution in [0.3, 0.4) is 0 Å². The molecule has 1 saturated heterocycles. The molecule has 1 N–H and O–H groups in total. The highest BCUT2D eigenvalue weighted by molar-refractivity contribution is 7.91. The van der Waals surface area contributed by atoms with Gasteiger partial charge >= 0.3 is 0 Å². The molecule has 0 aliphatic carbocycles. The van der Waals surface area contributed by atoms with Gasteiger partial charge in [0.2, 0.25) is 5.95 Å². The summed E-state index contributed by atoms with van der Waals surface area (Å²) in [5, 5.41) is 2.83. The Morgan fingerprint density at radius 3 is 2.75 bits per heavy atom. The van der Waals surface area contributed by atoms with Crippen LogP contribution in [0.5, 0.6) is 0 Å². The van der Waals surface area contributed by atoms with Gasteiger partial charge in [-0.1, -0.05) is 6.92 Å². The Kier molecular flexibility index (Phi) is 4.74. The second-order valence-electron chi connectivity index (χ2n) is 4.72. The van der Waals surface area contributed by atoms with E-state index in [2.05, 4.69) is 15.3 Å². The molecular weight excluding hydrogens is 283 g/mol.